The summed E-state index contributed by atoms with van der Waals surface area (Å²) in [7, 11) is 0. The lowest BCUT2D eigenvalue weighted by Crippen LogP contribution is -2.22. The molecule has 71 heavy (non-hydrogen) atoms. The molecular formula is C68H51N3. The molecule has 0 saturated carbocycles. The van der Waals surface area contributed by atoms with E-state index in [1.807, 2.05) is 6.20 Å². The number of nitrogens with zero attached hydrogens (tertiary/aromatic N) is 2. The lowest BCUT2D eigenvalue weighted by Gasteiger charge is -2.29. The molecule has 338 valence electrons. The molecule has 0 spiro atoms. The molecule has 0 amide bonds. The topological polar surface area (TPSA) is 18.5 Å². The van der Waals surface area contributed by atoms with Gasteiger partial charge in [0.2, 0.25) is 0 Å². The van der Waals surface area contributed by atoms with Crippen molar-refractivity contribution in [3.8, 4) is 35.9 Å². The van der Waals surface area contributed by atoms with E-state index in [1.165, 1.54) is 48.7 Å². The number of terminal acetylenes is 2. The zero-order chi connectivity index (χ0) is 48.1. The smallest absolute Gasteiger partial charge is 0.0625 e. The van der Waals surface area contributed by atoms with Crippen LogP contribution in [0.2, 0.25) is 0 Å². The van der Waals surface area contributed by atoms with Crippen LogP contribution in [0.25, 0.3) is 71.1 Å². The van der Waals surface area contributed by atoms with Gasteiger partial charge in [-0.3, -0.25) is 0 Å². The maximum atomic E-state index is 6.30. The van der Waals surface area contributed by atoms with Crippen molar-refractivity contribution in [3.05, 3.63) is 264 Å². The molecule has 1 N–H and O–H groups in total. The monoisotopic (exact) mass is 909 g/mol. The largest absolute Gasteiger partial charge is 0.320 e. The molecule has 0 atom stereocenters. The summed E-state index contributed by atoms with van der Waals surface area (Å²) in [4.78, 5) is 4.61. The van der Waals surface area contributed by atoms with Crippen molar-refractivity contribution in [3.63, 3.8) is 0 Å². The van der Waals surface area contributed by atoms with Crippen LogP contribution in [0, 0.1) is 24.8 Å². The van der Waals surface area contributed by atoms with Crippen molar-refractivity contribution in [1.29, 1.82) is 0 Å². The normalized spacial score (nSPS) is 12.9. The standard InChI is InChI=1S/C68H51N3/c1-4-57-58-27-12-13-28-59(58)61-30-16-18-33-64(61)67(57)45-48(3)70(52-22-8-6-9-23-52)54-41-39-51(40-42-54)50-37-35-49(36-38-50)21-20-26-56(47-69-5-2)71(53-24-10-7-11-25-53)55-43-44-66-63-32-15-14-29-60(63)62-31-17-19-34-65(62)68(66)46-55/h1-2,6,8-10,12-20,22-47,69H,7,11,21H2,3H3/b26-20-,48-45+,56-47+. The van der Waals surface area contributed by atoms with Crippen LogP contribution < -0.4 is 15.1 Å². The Bertz CT molecular complexity index is 3860. The highest BCUT2D eigenvalue weighted by Crippen LogP contribution is 2.40. The Labute approximate surface area is 416 Å². The van der Waals surface area contributed by atoms with E-state index in [9.17, 15) is 0 Å². The Morgan fingerprint density at radius 3 is 1.66 bits per heavy atom. The fourth-order valence-corrected chi connectivity index (χ4v) is 10.4. The Morgan fingerprint density at radius 1 is 0.535 bits per heavy atom. The summed E-state index contributed by atoms with van der Waals surface area (Å²) in [6, 6.07) is 72.1. The van der Waals surface area contributed by atoms with E-state index >= 15 is 0 Å². The Morgan fingerprint density at radius 2 is 1.06 bits per heavy atom. The van der Waals surface area contributed by atoms with Crippen LogP contribution in [0.15, 0.2) is 248 Å². The van der Waals surface area contributed by atoms with E-state index in [0.29, 0.717) is 0 Å². The summed E-state index contributed by atoms with van der Waals surface area (Å²) >= 11 is 0. The van der Waals surface area contributed by atoms with Gasteiger partial charge in [-0.1, -0.05) is 188 Å². The first-order valence-electron chi connectivity index (χ1n) is 24.3. The van der Waals surface area contributed by atoms with Crippen LogP contribution in [-0.2, 0) is 6.42 Å². The molecule has 0 bridgehead atoms. The quantitative estimate of drug-likeness (QED) is 0.0570. The molecule has 0 heterocycles. The van der Waals surface area contributed by atoms with Crippen LogP contribution in [-0.4, -0.2) is 0 Å². The summed E-state index contributed by atoms with van der Waals surface area (Å²) in [6.45, 7) is 2.16. The highest BCUT2D eigenvalue weighted by Gasteiger charge is 2.19. The van der Waals surface area contributed by atoms with Crippen molar-refractivity contribution < 1.29 is 0 Å². The first-order valence-corrected chi connectivity index (χ1v) is 24.3. The predicted octanol–water partition coefficient (Wildman–Crippen LogP) is 17.2. The minimum absolute atomic E-state index is 0.745. The molecular weight excluding hydrogens is 859 g/mol. The fraction of sp³-hybridized carbons (Fsp3) is 0.0588. The number of anilines is 3. The van der Waals surface area contributed by atoms with E-state index in [-0.39, 0.29) is 0 Å². The number of benzene rings is 10. The number of hydrogen-bond donors (Lipinski definition) is 1. The summed E-state index contributed by atoms with van der Waals surface area (Å²) in [5.74, 6) is 3.06. The average molecular weight is 910 g/mol. The molecule has 0 radical (unpaired) electrons. The van der Waals surface area contributed by atoms with Crippen molar-refractivity contribution >= 4 is 77.0 Å². The maximum absolute atomic E-state index is 6.30. The summed E-state index contributed by atoms with van der Waals surface area (Å²) in [5, 5.41) is 15.1. The van der Waals surface area contributed by atoms with Crippen LogP contribution in [0.4, 0.5) is 17.1 Å². The van der Waals surface area contributed by atoms with Crippen LogP contribution in [0.5, 0.6) is 0 Å². The molecule has 11 rings (SSSR count). The predicted molar refractivity (Wildman–Crippen MR) is 304 cm³/mol. The third-order valence-electron chi connectivity index (χ3n) is 13.7. The molecule has 0 saturated heterocycles. The molecule has 10 aromatic rings. The first kappa shape index (κ1) is 44.2. The minimum atomic E-state index is 0.745. The van der Waals surface area contributed by atoms with Crippen molar-refractivity contribution in [1.82, 2.24) is 5.32 Å². The van der Waals surface area contributed by atoms with Gasteiger partial charge in [-0.25, -0.2) is 0 Å². The van der Waals surface area contributed by atoms with Gasteiger partial charge in [-0.15, -0.1) is 6.42 Å². The van der Waals surface area contributed by atoms with E-state index in [1.54, 1.807) is 0 Å². The third kappa shape index (κ3) is 8.63. The van der Waals surface area contributed by atoms with Gasteiger partial charge in [0.1, 0.15) is 0 Å². The number of rotatable bonds is 12. The van der Waals surface area contributed by atoms with Gasteiger partial charge in [0.05, 0.1) is 5.70 Å². The highest BCUT2D eigenvalue weighted by atomic mass is 15.2. The second-order valence-electron chi connectivity index (χ2n) is 18.0. The molecule has 3 nitrogen and oxygen atoms in total. The fourth-order valence-electron chi connectivity index (χ4n) is 10.4. The highest BCUT2D eigenvalue weighted by molar-refractivity contribution is 6.25. The summed E-state index contributed by atoms with van der Waals surface area (Å²) < 4.78 is 0. The van der Waals surface area contributed by atoms with Gasteiger partial charge in [0.15, 0.2) is 0 Å². The van der Waals surface area contributed by atoms with E-state index in [2.05, 4.69) is 265 Å². The zero-order valence-corrected chi connectivity index (χ0v) is 39.7. The van der Waals surface area contributed by atoms with E-state index in [0.717, 1.165) is 86.4 Å². The molecule has 0 unspecified atom stereocenters. The van der Waals surface area contributed by atoms with Crippen molar-refractivity contribution in [2.24, 2.45) is 0 Å². The van der Waals surface area contributed by atoms with Gasteiger partial charge in [-0.2, -0.15) is 0 Å². The molecule has 0 aliphatic heterocycles. The summed E-state index contributed by atoms with van der Waals surface area (Å²) in [5.41, 5.74) is 11.8. The number of allylic oxidation sites excluding steroid dienone is 6. The van der Waals surface area contributed by atoms with Crippen molar-refractivity contribution in [2.75, 3.05) is 9.80 Å². The summed E-state index contributed by atoms with van der Waals surface area (Å²) in [6.07, 6.45) is 30.2. The van der Waals surface area contributed by atoms with Gasteiger partial charge >= 0.3 is 0 Å². The lowest BCUT2D eigenvalue weighted by molar-refractivity contribution is 0.982. The SMILES string of the molecule is C#CN/C=C(\C=C/Cc1ccc(-c2ccc(N(/C(C)=C/c3c(C#C)c4ccccc4c4ccccc34)c3ccccc3)cc2)cc1)N(C1=CCCC=C1)c1ccc2c3ccccc3c3ccccc3c2c1. The number of para-hydroxylation sites is 1. The van der Waals surface area contributed by atoms with E-state index in [4.69, 9.17) is 12.8 Å². The number of hydrogen-bond acceptors (Lipinski definition) is 3. The van der Waals surface area contributed by atoms with Crippen LogP contribution in [0.1, 0.15) is 36.5 Å². The number of nitrogens with one attached hydrogen (secondary N) is 1. The molecule has 1 aliphatic rings. The van der Waals surface area contributed by atoms with Crippen LogP contribution in [0.3, 0.4) is 0 Å². The van der Waals surface area contributed by atoms with Gasteiger partial charge in [0.25, 0.3) is 0 Å². The third-order valence-corrected chi connectivity index (χ3v) is 13.7. The van der Waals surface area contributed by atoms with Crippen molar-refractivity contribution in [2.45, 2.75) is 26.2 Å². The lowest BCUT2D eigenvalue weighted by atomic mass is 9.91. The first-order chi connectivity index (χ1) is 35.1. The maximum Gasteiger partial charge on any atom is 0.0625 e. The second-order valence-corrected chi connectivity index (χ2v) is 18.0. The molecule has 3 heteroatoms. The number of fused-ring (bicyclic) bond motifs is 9. The van der Waals surface area contributed by atoms with Crippen LogP contribution >= 0.6 is 0 Å². The molecule has 0 fully saturated rings. The van der Waals surface area contributed by atoms with E-state index < -0.39 is 0 Å². The van der Waals surface area contributed by atoms with Gasteiger partial charge in [-0.05, 0) is 151 Å². The van der Waals surface area contributed by atoms with Gasteiger partial charge in [0, 0.05) is 51.8 Å². The Balaban J connectivity index is 0.873. The zero-order valence-electron chi connectivity index (χ0n) is 39.7. The molecule has 10 aromatic carbocycles. The Kier molecular flexibility index (Phi) is 12.3. The van der Waals surface area contributed by atoms with Gasteiger partial charge < -0.3 is 15.1 Å². The minimum Gasteiger partial charge on any atom is -0.320 e. The second kappa shape index (κ2) is 19.7. The molecule has 0 aromatic heterocycles. The molecule has 1 aliphatic carbocycles. The Hall–Kier alpha value is -9.28. The average Bonchev–Trinajstić information content (AvgIpc) is 3.43.